The first-order valence-corrected chi connectivity index (χ1v) is 10.5. The third-order valence-corrected chi connectivity index (χ3v) is 5.19. The zero-order valence-electron chi connectivity index (χ0n) is 18.9. The van der Waals surface area contributed by atoms with E-state index >= 15 is 0 Å². The van der Waals surface area contributed by atoms with Gasteiger partial charge in [0, 0.05) is 36.0 Å². The second-order valence-corrected chi connectivity index (χ2v) is 7.58. The van der Waals surface area contributed by atoms with Crippen molar-refractivity contribution >= 4 is 17.4 Å². The number of ether oxygens (including phenoxy) is 1. The van der Waals surface area contributed by atoms with Crippen molar-refractivity contribution in [2.75, 3.05) is 17.7 Å². The van der Waals surface area contributed by atoms with Crippen LogP contribution in [0.2, 0.25) is 0 Å². The fourth-order valence-corrected chi connectivity index (χ4v) is 3.51. The van der Waals surface area contributed by atoms with Crippen LogP contribution in [0.3, 0.4) is 0 Å². The van der Waals surface area contributed by atoms with Gasteiger partial charge in [-0.15, -0.1) is 0 Å². The molecule has 0 fully saturated rings. The number of carbonyl (C=O) groups is 1. The summed E-state index contributed by atoms with van der Waals surface area (Å²) < 4.78 is 87.3. The molecule has 2 heterocycles. The van der Waals surface area contributed by atoms with E-state index in [-0.39, 0.29) is 17.1 Å². The van der Waals surface area contributed by atoms with Crippen LogP contribution in [0.4, 0.5) is 42.5 Å². The van der Waals surface area contributed by atoms with Gasteiger partial charge in [0.15, 0.2) is 0 Å². The minimum Gasteiger partial charge on any atom is -0.495 e. The van der Waals surface area contributed by atoms with Gasteiger partial charge in [0.25, 0.3) is 0 Å². The molecular weight excluding hydrogens is 504 g/mol. The molecule has 0 atom stereocenters. The maximum absolute atomic E-state index is 13.9. The largest absolute Gasteiger partial charge is 0.495 e. The van der Waals surface area contributed by atoms with Crippen molar-refractivity contribution in [1.82, 2.24) is 14.5 Å². The Labute approximate surface area is 205 Å². The van der Waals surface area contributed by atoms with Crippen LogP contribution in [0.5, 0.6) is 5.75 Å². The number of nitrogens with zero attached hydrogens (tertiary/aromatic N) is 3. The van der Waals surface area contributed by atoms with Crippen LogP contribution < -0.4 is 15.4 Å². The number of nitrogens with one attached hydrogen (secondary N) is 2. The Morgan fingerprint density at radius 3 is 2.22 bits per heavy atom. The molecule has 0 spiro atoms. The smallest absolute Gasteiger partial charge is 0.418 e. The number of pyridine rings is 1. The van der Waals surface area contributed by atoms with Crippen LogP contribution in [0.15, 0.2) is 73.3 Å². The summed E-state index contributed by atoms with van der Waals surface area (Å²) in [6.45, 7) is 0. The number of benzene rings is 2. The number of hydrogen-bond acceptors (Lipinski definition) is 4. The number of methoxy groups -OCH3 is 1. The topological polar surface area (TPSA) is 81.1 Å². The highest BCUT2D eigenvalue weighted by Gasteiger charge is 2.35. The number of amides is 2. The van der Waals surface area contributed by atoms with E-state index in [9.17, 15) is 31.1 Å². The number of aromatic nitrogens is 3. The van der Waals surface area contributed by atoms with Crippen molar-refractivity contribution in [2.45, 2.75) is 12.4 Å². The standard InChI is InChI=1S/C24H17F6N5O2/c1-37-20-5-2-15(23(25,26)27)12-19(20)34-22(36)33-18-4-3-16(13-17(18)24(28,29)30)35-11-10-32-21(35)14-6-8-31-9-7-14/h2-13H,1H3,(H2,33,34,36). The van der Waals surface area contributed by atoms with Crippen LogP contribution in [0.1, 0.15) is 11.1 Å². The highest BCUT2D eigenvalue weighted by molar-refractivity contribution is 6.01. The normalized spacial score (nSPS) is 11.8. The molecule has 37 heavy (non-hydrogen) atoms. The Morgan fingerprint density at radius 2 is 1.57 bits per heavy atom. The third-order valence-electron chi connectivity index (χ3n) is 5.19. The van der Waals surface area contributed by atoms with Gasteiger partial charge in [-0.2, -0.15) is 26.3 Å². The van der Waals surface area contributed by atoms with Gasteiger partial charge >= 0.3 is 18.4 Å². The second kappa shape index (κ2) is 9.84. The molecular formula is C24H17F6N5O2. The fraction of sp³-hybridized carbons (Fsp3) is 0.125. The van der Waals surface area contributed by atoms with Crippen LogP contribution in [0, 0.1) is 0 Å². The van der Waals surface area contributed by atoms with E-state index < -0.39 is 35.2 Å². The Bertz CT molecular complexity index is 1420. The van der Waals surface area contributed by atoms with Gasteiger partial charge in [-0.3, -0.25) is 9.55 Å². The number of urea groups is 1. The summed E-state index contributed by atoms with van der Waals surface area (Å²) >= 11 is 0. The Morgan fingerprint density at radius 1 is 0.865 bits per heavy atom. The number of hydrogen-bond donors (Lipinski definition) is 2. The van der Waals surface area contributed by atoms with Gasteiger partial charge in [-0.05, 0) is 48.5 Å². The molecule has 0 unspecified atom stereocenters. The van der Waals surface area contributed by atoms with E-state index in [1.807, 2.05) is 0 Å². The molecule has 0 bridgehead atoms. The molecule has 13 heteroatoms. The average Bonchev–Trinajstić information content (AvgIpc) is 3.33. The lowest BCUT2D eigenvalue weighted by Crippen LogP contribution is -2.22. The maximum Gasteiger partial charge on any atom is 0.418 e. The zero-order valence-corrected chi connectivity index (χ0v) is 18.9. The third kappa shape index (κ3) is 5.66. The summed E-state index contributed by atoms with van der Waals surface area (Å²) in [7, 11) is 1.17. The number of rotatable bonds is 5. The monoisotopic (exact) mass is 521 g/mol. The van der Waals surface area contributed by atoms with Crippen molar-refractivity contribution in [3.63, 3.8) is 0 Å². The lowest BCUT2D eigenvalue weighted by molar-refractivity contribution is -0.138. The van der Waals surface area contributed by atoms with Gasteiger partial charge in [-0.1, -0.05) is 0 Å². The first kappa shape index (κ1) is 25.5. The van der Waals surface area contributed by atoms with Gasteiger partial charge in [0.2, 0.25) is 0 Å². The lowest BCUT2D eigenvalue weighted by atomic mass is 10.1. The Hall–Kier alpha value is -4.55. The minimum absolute atomic E-state index is 0.113. The zero-order chi connectivity index (χ0) is 26.8. The summed E-state index contributed by atoms with van der Waals surface area (Å²) in [5.41, 5.74) is -2.50. The van der Waals surface area contributed by atoms with Gasteiger partial charge in [-0.25, -0.2) is 9.78 Å². The molecule has 0 saturated heterocycles. The van der Waals surface area contributed by atoms with Crippen molar-refractivity contribution < 1.29 is 35.9 Å². The molecule has 2 aromatic heterocycles. The summed E-state index contributed by atoms with van der Waals surface area (Å²) in [5.74, 6) is 0.254. The molecule has 2 aromatic carbocycles. The highest BCUT2D eigenvalue weighted by Crippen LogP contribution is 2.38. The lowest BCUT2D eigenvalue weighted by Gasteiger charge is -2.18. The molecule has 0 saturated carbocycles. The highest BCUT2D eigenvalue weighted by atomic mass is 19.4. The predicted molar refractivity (Wildman–Crippen MR) is 122 cm³/mol. The van der Waals surface area contributed by atoms with Gasteiger partial charge in [0.1, 0.15) is 11.6 Å². The Balaban J connectivity index is 1.65. The van der Waals surface area contributed by atoms with E-state index in [0.29, 0.717) is 17.5 Å². The van der Waals surface area contributed by atoms with E-state index in [1.165, 1.54) is 42.5 Å². The first-order valence-electron chi connectivity index (χ1n) is 10.5. The minimum atomic E-state index is -4.87. The SMILES string of the molecule is COc1ccc(C(F)(F)F)cc1NC(=O)Nc1ccc(-n2ccnc2-c2ccncc2)cc1C(F)(F)F. The summed E-state index contributed by atoms with van der Waals surface area (Å²) in [6, 6.07) is 7.64. The van der Waals surface area contributed by atoms with Crippen molar-refractivity contribution in [2.24, 2.45) is 0 Å². The molecule has 192 valence electrons. The number of alkyl halides is 6. The Kier molecular flexibility index (Phi) is 6.79. The molecule has 2 amide bonds. The van der Waals surface area contributed by atoms with Crippen LogP contribution in [-0.4, -0.2) is 27.7 Å². The molecule has 4 aromatic rings. The predicted octanol–water partition coefficient (Wildman–Crippen LogP) is 6.62. The molecule has 0 aliphatic heterocycles. The van der Waals surface area contributed by atoms with Gasteiger partial charge in [0.05, 0.1) is 29.6 Å². The summed E-state index contributed by atoms with van der Waals surface area (Å²) in [5, 5.41) is 4.16. The second-order valence-electron chi connectivity index (χ2n) is 7.58. The number of imidazole rings is 1. The van der Waals surface area contributed by atoms with E-state index in [4.69, 9.17) is 4.74 Å². The van der Waals surface area contributed by atoms with Crippen molar-refractivity contribution in [3.05, 3.63) is 84.4 Å². The maximum atomic E-state index is 13.9. The molecule has 2 N–H and O–H groups in total. The molecule has 0 aliphatic rings. The van der Waals surface area contributed by atoms with Crippen LogP contribution >= 0.6 is 0 Å². The first-order chi connectivity index (χ1) is 17.5. The number of carbonyl (C=O) groups excluding carboxylic acids is 1. The van der Waals surface area contributed by atoms with E-state index in [1.54, 1.807) is 12.1 Å². The average molecular weight is 521 g/mol. The molecule has 0 radical (unpaired) electrons. The quantitative estimate of drug-likeness (QED) is 0.289. The summed E-state index contributed by atoms with van der Waals surface area (Å²) in [4.78, 5) is 20.6. The van der Waals surface area contributed by atoms with Gasteiger partial charge < -0.3 is 15.4 Å². The van der Waals surface area contributed by atoms with Crippen molar-refractivity contribution in [1.29, 1.82) is 0 Å². The van der Waals surface area contributed by atoms with Crippen LogP contribution in [0.25, 0.3) is 17.1 Å². The fourth-order valence-electron chi connectivity index (χ4n) is 3.51. The van der Waals surface area contributed by atoms with E-state index in [2.05, 4.69) is 20.6 Å². The van der Waals surface area contributed by atoms with Crippen molar-refractivity contribution in [3.8, 4) is 22.8 Å². The van der Waals surface area contributed by atoms with E-state index in [0.717, 1.165) is 24.3 Å². The molecule has 0 aliphatic carbocycles. The van der Waals surface area contributed by atoms with Crippen LogP contribution in [-0.2, 0) is 12.4 Å². The number of anilines is 2. The number of halogens is 6. The summed E-state index contributed by atoms with van der Waals surface area (Å²) in [6.07, 6.45) is -3.65. The molecule has 4 rings (SSSR count). The molecule has 7 nitrogen and oxygen atoms in total.